The highest BCUT2D eigenvalue weighted by Gasteiger charge is 2.20. The molecule has 0 saturated heterocycles. The summed E-state index contributed by atoms with van der Waals surface area (Å²) in [4.78, 5) is 4.61. The smallest absolute Gasteiger partial charge is 0.128 e. The first-order valence-electron chi connectivity index (χ1n) is 6.46. The molecular formula is C16H13BrFN3. The molecule has 0 fully saturated rings. The monoisotopic (exact) mass is 345 g/mol. The fourth-order valence-electron chi connectivity index (χ4n) is 2.33. The van der Waals surface area contributed by atoms with Gasteiger partial charge < -0.3 is 0 Å². The predicted molar refractivity (Wildman–Crippen MR) is 85.0 cm³/mol. The molecule has 1 unspecified atom stereocenters. The molecule has 0 aliphatic carbocycles. The summed E-state index contributed by atoms with van der Waals surface area (Å²) in [6, 6.07) is 15.7. The van der Waals surface area contributed by atoms with Crippen LogP contribution in [-0.2, 0) is 0 Å². The minimum atomic E-state index is -0.523. The molecule has 2 aromatic carbocycles. The Morgan fingerprint density at radius 2 is 1.81 bits per heavy atom. The summed E-state index contributed by atoms with van der Waals surface area (Å²) in [7, 11) is 0. The van der Waals surface area contributed by atoms with Gasteiger partial charge in [0, 0.05) is 15.4 Å². The Hall–Kier alpha value is -1.82. The summed E-state index contributed by atoms with van der Waals surface area (Å²) in [6.45, 7) is 0. The molecule has 3 rings (SSSR count). The average Bonchev–Trinajstić information content (AvgIpc) is 2.50. The number of nitrogens with two attached hydrogens (primary N) is 1. The highest BCUT2D eigenvalue weighted by atomic mass is 79.9. The number of benzene rings is 2. The normalized spacial score (nSPS) is 12.5. The van der Waals surface area contributed by atoms with Crippen LogP contribution >= 0.6 is 15.9 Å². The topological polar surface area (TPSA) is 50.9 Å². The number of hydrogen-bond donors (Lipinski definition) is 2. The van der Waals surface area contributed by atoms with E-state index in [1.807, 2.05) is 30.3 Å². The van der Waals surface area contributed by atoms with Crippen molar-refractivity contribution in [1.82, 2.24) is 10.4 Å². The Balaban J connectivity index is 2.17. The van der Waals surface area contributed by atoms with Crippen molar-refractivity contribution in [2.24, 2.45) is 5.84 Å². The van der Waals surface area contributed by atoms with Gasteiger partial charge in [0.05, 0.1) is 17.3 Å². The zero-order valence-corrected chi connectivity index (χ0v) is 12.6. The van der Waals surface area contributed by atoms with Crippen molar-refractivity contribution in [3.8, 4) is 0 Å². The van der Waals surface area contributed by atoms with Gasteiger partial charge in [0.15, 0.2) is 0 Å². The number of halogens is 2. The number of hydrazine groups is 1. The Kier molecular flexibility index (Phi) is 3.96. The van der Waals surface area contributed by atoms with Gasteiger partial charge in [-0.15, -0.1) is 0 Å². The number of nitrogens with zero attached hydrogens (tertiary/aromatic N) is 1. The van der Waals surface area contributed by atoms with Crippen LogP contribution in [0.1, 0.15) is 17.3 Å². The highest BCUT2D eigenvalue weighted by molar-refractivity contribution is 9.10. The molecule has 3 aromatic rings. The number of aromatic nitrogens is 1. The van der Waals surface area contributed by atoms with Crippen LogP contribution in [0.4, 0.5) is 4.39 Å². The first-order valence-corrected chi connectivity index (χ1v) is 7.25. The molecule has 1 aromatic heterocycles. The Morgan fingerprint density at radius 3 is 2.57 bits per heavy atom. The first kappa shape index (κ1) is 14.1. The van der Waals surface area contributed by atoms with E-state index in [0.717, 1.165) is 15.4 Å². The molecular weight excluding hydrogens is 333 g/mol. The Labute approximate surface area is 130 Å². The van der Waals surface area contributed by atoms with Crippen LogP contribution in [0.2, 0.25) is 0 Å². The molecule has 0 saturated carbocycles. The lowest BCUT2D eigenvalue weighted by Gasteiger charge is -2.18. The van der Waals surface area contributed by atoms with E-state index in [1.54, 1.807) is 18.2 Å². The molecule has 3 nitrogen and oxygen atoms in total. The van der Waals surface area contributed by atoms with Gasteiger partial charge in [-0.3, -0.25) is 5.84 Å². The van der Waals surface area contributed by atoms with Crippen molar-refractivity contribution in [2.45, 2.75) is 6.04 Å². The molecule has 5 heteroatoms. The fourth-order valence-corrected chi connectivity index (χ4v) is 2.90. The van der Waals surface area contributed by atoms with Crippen molar-refractivity contribution in [3.05, 3.63) is 76.1 Å². The van der Waals surface area contributed by atoms with Gasteiger partial charge in [0.25, 0.3) is 0 Å². The number of pyridine rings is 1. The van der Waals surface area contributed by atoms with Crippen LogP contribution in [0.3, 0.4) is 0 Å². The maximum absolute atomic E-state index is 14.0. The van der Waals surface area contributed by atoms with E-state index >= 15 is 0 Å². The van der Waals surface area contributed by atoms with Crippen LogP contribution < -0.4 is 11.3 Å². The lowest BCUT2D eigenvalue weighted by molar-refractivity contribution is 0.553. The van der Waals surface area contributed by atoms with Crippen LogP contribution in [0, 0.1) is 5.82 Å². The van der Waals surface area contributed by atoms with E-state index in [-0.39, 0.29) is 5.82 Å². The quantitative estimate of drug-likeness (QED) is 0.562. The largest absolute Gasteiger partial charge is 0.271 e. The molecule has 21 heavy (non-hydrogen) atoms. The van der Waals surface area contributed by atoms with E-state index in [0.29, 0.717) is 11.3 Å². The second-order valence-electron chi connectivity index (χ2n) is 4.67. The number of rotatable bonds is 3. The molecule has 0 radical (unpaired) electrons. The molecule has 0 aliphatic heterocycles. The van der Waals surface area contributed by atoms with Crippen LogP contribution in [0.15, 0.2) is 59.1 Å². The zero-order valence-electron chi connectivity index (χ0n) is 11.1. The highest BCUT2D eigenvalue weighted by Crippen LogP contribution is 2.30. The van der Waals surface area contributed by atoms with Crippen LogP contribution in [-0.4, -0.2) is 4.98 Å². The summed E-state index contributed by atoms with van der Waals surface area (Å²) in [5.74, 6) is 5.32. The van der Waals surface area contributed by atoms with Crippen molar-refractivity contribution < 1.29 is 4.39 Å². The summed E-state index contributed by atoms with van der Waals surface area (Å²) < 4.78 is 14.8. The van der Waals surface area contributed by atoms with E-state index in [1.165, 1.54) is 6.07 Å². The van der Waals surface area contributed by atoms with Gasteiger partial charge in [-0.2, -0.15) is 0 Å². The van der Waals surface area contributed by atoms with E-state index in [2.05, 4.69) is 26.3 Å². The zero-order chi connectivity index (χ0) is 14.8. The van der Waals surface area contributed by atoms with Crippen molar-refractivity contribution in [1.29, 1.82) is 0 Å². The standard InChI is InChI=1S/C16H13BrFN3/c17-12-9-10-5-1-4-8-14(10)20-16(12)15(21-19)11-6-2-3-7-13(11)18/h1-9,15,21H,19H2. The molecule has 0 spiro atoms. The van der Waals surface area contributed by atoms with Gasteiger partial charge in [0.1, 0.15) is 5.82 Å². The third-order valence-electron chi connectivity index (χ3n) is 3.36. The number of hydrogen-bond acceptors (Lipinski definition) is 3. The van der Waals surface area contributed by atoms with Gasteiger partial charge in [0.2, 0.25) is 0 Å². The molecule has 1 atom stereocenters. The minimum absolute atomic E-state index is 0.317. The predicted octanol–water partition coefficient (Wildman–Crippen LogP) is 3.69. The third kappa shape index (κ3) is 2.68. The van der Waals surface area contributed by atoms with Crippen molar-refractivity contribution in [2.75, 3.05) is 0 Å². The van der Waals surface area contributed by atoms with Gasteiger partial charge in [-0.1, -0.05) is 36.4 Å². The second-order valence-corrected chi connectivity index (χ2v) is 5.52. The summed E-state index contributed by atoms with van der Waals surface area (Å²) in [5.41, 5.74) is 4.60. The number of para-hydroxylation sites is 1. The van der Waals surface area contributed by atoms with Crippen LogP contribution in [0.5, 0.6) is 0 Å². The second kappa shape index (κ2) is 5.89. The maximum atomic E-state index is 14.0. The fraction of sp³-hybridized carbons (Fsp3) is 0.0625. The average molecular weight is 346 g/mol. The van der Waals surface area contributed by atoms with Gasteiger partial charge >= 0.3 is 0 Å². The van der Waals surface area contributed by atoms with E-state index in [9.17, 15) is 4.39 Å². The van der Waals surface area contributed by atoms with Gasteiger partial charge in [-0.05, 0) is 34.1 Å². The van der Waals surface area contributed by atoms with Gasteiger partial charge in [-0.25, -0.2) is 14.8 Å². The van der Waals surface area contributed by atoms with Crippen molar-refractivity contribution >= 4 is 26.8 Å². The summed E-state index contributed by atoms with van der Waals surface area (Å²) in [5, 5.41) is 1.01. The third-order valence-corrected chi connectivity index (χ3v) is 4.00. The first-order chi connectivity index (χ1) is 10.2. The number of nitrogens with one attached hydrogen (secondary N) is 1. The summed E-state index contributed by atoms with van der Waals surface area (Å²) >= 11 is 3.50. The molecule has 0 bridgehead atoms. The molecule has 106 valence electrons. The lowest BCUT2D eigenvalue weighted by Crippen LogP contribution is -2.30. The number of fused-ring (bicyclic) bond motifs is 1. The molecule has 3 N–H and O–H groups in total. The SMILES string of the molecule is NNC(c1ccccc1F)c1nc2ccccc2cc1Br. The molecule has 0 aliphatic rings. The Bertz CT molecular complexity index is 791. The van der Waals surface area contributed by atoms with Crippen molar-refractivity contribution in [3.63, 3.8) is 0 Å². The molecule has 0 amide bonds. The molecule has 1 heterocycles. The van der Waals surface area contributed by atoms with Crippen LogP contribution in [0.25, 0.3) is 10.9 Å². The lowest BCUT2D eigenvalue weighted by atomic mass is 10.0. The minimum Gasteiger partial charge on any atom is -0.271 e. The van der Waals surface area contributed by atoms with E-state index in [4.69, 9.17) is 5.84 Å². The Morgan fingerprint density at radius 1 is 1.10 bits per heavy atom. The summed E-state index contributed by atoms with van der Waals surface area (Å²) in [6.07, 6.45) is 0. The van der Waals surface area contributed by atoms with E-state index < -0.39 is 6.04 Å². The maximum Gasteiger partial charge on any atom is 0.128 e.